The van der Waals surface area contributed by atoms with Crippen molar-refractivity contribution in [2.24, 2.45) is 5.16 Å². The van der Waals surface area contributed by atoms with Crippen molar-refractivity contribution in [1.82, 2.24) is 0 Å². The second-order valence-electron chi connectivity index (χ2n) is 5.13. The average Bonchev–Trinajstić information content (AvgIpc) is 3.00. The van der Waals surface area contributed by atoms with Crippen LogP contribution < -0.4 is 4.90 Å². The molecule has 23 heavy (non-hydrogen) atoms. The number of esters is 1. The maximum absolute atomic E-state index is 12.7. The zero-order valence-corrected chi connectivity index (χ0v) is 13.3. The Morgan fingerprint density at radius 3 is 2.52 bits per heavy atom. The molecule has 1 spiro atoms. The number of hydrogen-bond acceptors (Lipinski definition) is 6. The number of anilines is 1. The Morgan fingerprint density at radius 2 is 1.91 bits per heavy atom. The fourth-order valence-corrected chi connectivity index (χ4v) is 3.07. The van der Waals surface area contributed by atoms with Crippen LogP contribution in [-0.4, -0.2) is 36.2 Å². The van der Waals surface area contributed by atoms with Crippen molar-refractivity contribution in [2.45, 2.75) is 18.4 Å². The van der Waals surface area contributed by atoms with Gasteiger partial charge in [0, 0.05) is 10.0 Å². The maximum atomic E-state index is 12.7. The minimum Gasteiger partial charge on any atom is -0.464 e. The number of rotatable bonds is 2. The topological polar surface area (TPSA) is 85.3 Å². The first kappa shape index (κ1) is 15.8. The van der Waals surface area contributed by atoms with E-state index in [1.165, 1.54) is 25.3 Å². The second-order valence-corrected chi connectivity index (χ2v) is 6.00. The summed E-state index contributed by atoms with van der Waals surface area (Å²) in [5.74, 6) is -1.82. The Kier molecular flexibility index (Phi) is 3.77. The molecule has 9 heteroatoms. The van der Waals surface area contributed by atoms with Gasteiger partial charge >= 0.3 is 5.97 Å². The van der Waals surface area contributed by atoms with Crippen molar-refractivity contribution in [2.75, 3.05) is 12.0 Å². The lowest BCUT2D eigenvalue weighted by Crippen LogP contribution is -2.41. The van der Waals surface area contributed by atoms with Gasteiger partial charge in [0.2, 0.25) is 11.5 Å². The van der Waals surface area contributed by atoms with Gasteiger partial charge in [0.05, 0.1) is 25.6 Å². The monoisotopic (exact) mass is 356 g/mol. The number of ether oxygens (including phenoxy) is 1. The van der Waals surface area contributed by atoms with Gasteiger partial charge in [-0.3, -0.25) is 9.59 Å². The molecule has 1 aromatic carbocycles. The molecule has 0 bridgehead atoms. The molecule has 0 aromatic heterocycles. The summed E-state index contributed by atoms with van der Waals surface area (Å²) < 4.78 is 4.55. The molecule has 0 saturated carbocycles. The van der Waals surface area contributed by atoms with Crippen LogP contribution in [0.4, 0.5) is 5.69 Å². The molecule has 120 valence electrons. The minimum absolute atomic E-state index is 0.0420. The van der Waals surface area contributed by atoms with Crippen LogP contribution >= 0.6 is 23.2 Å². The van der Waals surface area contributed by atoms with E-state index < -0.39 is 23.4 Å². The predicted molar refractivity (Wildman–Crippen MR) is 81.5 cm³/mol. The molecule has 0 N–H and O–H groups in total. The molecule has 0 aliphatic carbocycles. The molecule has 0 radical (unpaired) electrons. The Morgan fingerprint density at radius 1 is 1.26 bits per heavy atom. The van der Waals surface area contributed by atoms with Crippen molar-refractivity contribution in [1.29, 1.82) is 0 Å². The second kappa shape index (κ2) is 5.50. The smallest absolute Gasteiger partial charge is 0.356 e. The van der Waals surface area contributed by atoms with Crippen molar-refractivity contribution in [3.05, 3.63) is 28.2 Å². The predicted octanol–water partition coefficient (Wildman–Crippen LogP) is 1.94. The van der Waals surface area contributed by atoms with Crippen LogP contribution in [0.2, 0.25) is 10.0 Å². The number of carbonyl (C=O) groups excluding carboxylic acids is 3. The molecule has 0 unspecified atom stereocenters. The molecule has 1 saturated heterocycles. The van der Waals surface area contributed by atoms with Crippen molar-refractivity contribution >= 4 is 52.4 Å². The van der Waals surface area contributed by atoms with Crippen molar-refractivity contribution in [3.63, 3.8) is 0 Å². The third kappa shape index (κ3) is 2.55. The summed E-state index contributed by atoms with van der Waals surface area (Å²) in [6.07, 6.45) is -0.366. The van der Waals surface area contributed by atoms with Gasteiger partial charge in [0.1, 0.15) is 0 Å². The number of halogens is 2. The fraction of sp³-hybridized carbons (Fsp3) is 0.286. The quantitative estimate of drug-likeness (QED) is 0.597. The number of oxime groups is 1. The highest BCUT2D eigenvalue weighted by atomic mass is 35.5. The van der Waals surface area contributed by atoms with Crippen LogP contribution in [0.5, 0.6) is 0 Å². The van der Waals surface area contributed by atoms with E-state index in [0.29, 0.717) is 0 Å². The van der Waals surface area contributed by atoms with Crippen LogP contribution in [0.1, 0.15) is 12.8 Å². The Labute approximate surface area is 140 Å². The Hall–Kier alpha value is -2.12. The van der Waals surface area contributed by atoms with Crippen molar-refractivity contribution < 1.29 is 24.0 Å². The van der Waals surface area contributed by atoms with Gasteiger partial charge in [-0.05, 0) is 18.2 Å². The molecular weight excluding hydrogens is 347 g/mol. The van der Waals surface area contributed by atoms with Gasteiger partial charge in [-0.25, -0.2) is 9.69 Å². The molecule has 3 rings (SSSR count). The van der Waals surface area contributed by atoms with Gasteiger partial charge in [0.15, 0.2) is 5.71 Å². The van der Waals surface area contributed by atoms with E-state index in [-0.39, 0.29) is 34.3 Å². The normalized spacial score (nSPS) is 23.3. The number of methoxy groups -OCH3 is 1. The van der Waals surface area contributed by atoms with E-state index in [4.69, 9.17) is 28.0 Å². The third-order valence-electron chi connectivity index (χ3n) is 3.59. The maximum Gasteiger partial charge on any atom is 0.356 e. The van der Waals surface area contributed by atoms with E-state index in [2.05, 4.69) is 9.89 Å². The molecule has 1 atom stereocenters. The van der Waals surface area contributed by atoms with E-state index in [1.54, 1.807) is 0 Å². The first-order chi connectivity index (χ1) is 10.9. The summed E-state index contributed by atoms with van der Waals surface area (Å²) in [4.78, 5) is 42.6. The van der Waals surface area contributed by atoms with Crippen LogP contribution in [0.3, 0.4) is 0 Å². The van der Waals surface area contributed by atoms with Gasteiger partial charge in [-0.15, -0.1) is 0 Å². The average molecular weight is 357 g/mol. The Bertz CT molecular complexity index is 743. The first-order valence-corrected chi connectivity index (χ1v) is 7.29. The highest BCUT2D eigenvalue weighted by molar-refractivity contribution is 6.39. The molecule has 1 aromatic rings. The molecule has 1 fully saturated rings. The van der Waals surface area contributed by atoms with E-state index >= 15 is 0 Å². The van der Waals surface area contributed by atoms with E-state index in [9.17, 15) is 14.4 Å². The number of benzene rings is 1. The molecular formula is C14H10Cl2N2O5. The SMILES string of the molecule is COC(=O)C1=NO[C@]2(CC(=O)N(c3cc(Cl)cc(Cl)c3)C2=O)C1. The van der Waals surface area contributed by atoms with E-state index in [0.717, 1.165) is 4.90 Å². The number of amides is 2. The molecule has 2 heterocycles. The van der Waals surface area contributed by atoms with Gasteiger partial charge in [-0.2, -0.15) is 0 Å². The standard InChI is InChI=1S/C14H10Cl2N2O5/c1-22-12(20)10-5-14(23-17-10)6-11(19)18(13(14)21)9-3-7(15)2-8(16)4-9/h2-4H,5-6H2,1H3/t14-/m0/s1. The van der Waals surface area contributed by atoms with Crippen LogP contribution in [0.25, 0.3) is 0 Å². The number of hydrogen-bond donors (Lipinski definition) is 0. The summed E-state index contributed by atoms with van der Waals surface area (Å²) >= 11 is 11.8. The van der Waals surface area contributed by atoms with E-state index in [1.807, 2.05) is 0 Å². The minimum atomic E-state index is -1.52. The Balaban J connectivity index is 1.91. The van der Waals surface area contributed by atoms with Crippen molar-refractivity contribution in [3.8, 4) is 0 Å². The lowest BCUT2D eigenvalue weighted by atomic mass is 9.95. The summed E-state index contributed by atoms with van der Waals surface area (Å²) in [6.45, 7) is 0. The van der Waals surface area contributed by atoms with Crippen LogP contribution in [0, 0.1) is 0 Å². The van der Waals surface area contributed by atoms with Crippen LogP contribution in [0.15, 0.2) is 23.4 Å². The molecule has 2 amide bonds. The number of carbonyl (C=O) groups is 3. The zero-order valence-electron chi connectivity index (χ0n) is 11.8. The number of imide groups is 1. The van der Waals surface area contributed by atoms with Crippen LogP contribution in [-0.2, 0) is 24.0 Å². The first-order valence-electron chi connectivity index (χ1n) is 6.53. The summed E-state index contributed by atoms with van der Waals surface area (Å²) in [6, 6.07) is 4.37. The molecule has 2 aliphatic heterocycles. The number of nitrogens with zero attached hydrogens (tertiary/aromatic N) is 2. The lowest BCUT2D eigenvalue weighted by molar-refractivity contribution is -0.136. The summed E-state index contributed by atoms with van der Waals surface area (Å²) in [7, 11) is 1.19. The lowest BCUT2D eigenvalue weighted by Gasteiger charge is -2.19. The fourth-order valence-electron chi connectivity index (χ4n) is 2.56. The van der Waals surface area contributed by atoms with Gasteiger partial charge in [0.25, 0.3) is 5.91 Å². The zero-order chi connectivity index (χ0) is 16.8. The highest BCUT2D eigenvalue weighted by Gasteiger charge is 2.58. The third-order valence-corrected chi connectivity index (χ3v) is 4.03. The summed E-state index contributed by atoms with van der Waals surface area (Å²) in [5.41, 5.74) is -1.32. The largest absolute Gasteiger partial charge is 0.464 e. The summed E-state index contributed by atoms with van der Waals surface area (Å²) in [5, 5.41) is 4.15. The molecule has 7 nitrogen and oxygen atoms in total. The van der Waals surface area contributed by atoms with Gasteiger partial charge in [-0.1, -0.05) is 28.4 Å². The van der Waals surface area contributed by atoms with Gasteiger partial charge < -0.3 is 9.57 Å². The molecule has 2 aliphatic rings. The highest BCUT2D eigenvalue weighted by Crippen LogP contribution is 2.39.